The van der Waals surface area contributed by atoms with Crippen LogP contribution in [0, 0.1) is 0 Å². The highest BCUT2D eigenvalue weighted by atomic mass is 16.5. The van der Waals surface area contributed by atoms with Crippen LogP contribution in [0.25, 0.3) is 0 Å². The fourth-order valence-electron chi connectivity index (χ4n) is 11.3. The summed E-state index contributed by atoms with van der Waals surface area (Å²) < 4.78 is 5.50. The van der Waals surface area contributed by atoms with E-state index in [9.17, 15) is 19.8 Å². The minimum absolute atomic E-state index is 0.0159. The van der Waals surface area contributed by atoms with Gasteiger partial charge in [-0.15, -0.1) is 0 Å². The summed E-state index contributed by atoms with van der Waals surface area (Å²) in [5, 5.41) is 23.2. The van der Waals surface area contributed by atoms with E-state index in [2.05, 4.69) is 43.5 Å². The maximum absolute atomic E-state index is 12.5. The van der Waals surface area contributed by atoms with Gasteiger partial charge in [0.1, 0.15) is 0 Å². The summed E-state index contributed by atoms with van der Waals surface area (Å²) >= 11 is 0. The van der Waals surface area contributed by atoms with Crippen molar-refractivity contribution in [2.45, 2.75) is 411 Å². The van der Waals surface area contributed by atoms with Crippen molar-refractivity contribution < 1.29 is 24.5 Å². The molecule has 0 aliphatic carbocycles. The Morgan fingerprint density at radius 1 is 0.346 bits per heavy atom. The molecule has 0 saturated heterocycles. The molecule has 0 bridgehead atoms. The van der Waals surface area contributed by atoms with E-state index in [0.717, 1.165) is 44.9 Å². The third-order valence-electron chi connectivity index (χ3n) is 16.7. The Kier molecular flexibility index (Phi) is 66.4. The molecule has 0 rings (SSSR count). The number of amides is 1. The normalized spacial score (nSPS) is 12.6. The van der Waals surface area contributed by atoms with Gasteiger partial charge in [-0.05, 0) is 77.0 Å². The maximum Gasteiger partial charge on any atom is 0.305 e. The number of carbonyl (C=O) groups excluding carboxylic acids is 2. The van der Waals surface area contributed by atoms with Gasteiger partial charge in [0, 0.05) is 12.8 Å². The van der Waals surface area contributed by atoms with Gasteiger partial charge >= 0.3 is 5.97 Å². The number of unbranched alkanes of at least 4 members (excludes halogenated alkanes) is 52. The predicted octanol–water partition coefficient (Wildman–Crippen LogP) is 22.9. The molecule has 0 aliphatic heterocycles. The molecule has 0 aromatic carbocycles. The average molecular weight is 1100 g/mol. The Hall–Kier alpha value is -1.66. The van der Waals surface area contributed by atoms with Crippen LogP contribution in [0.1, 0.15) is 399 Å². The molecular weight excluding hydrogens is 959 g/mol. The third-order valence-corrected chi connectivity index (χ3v) is 16.7. The first-order valence-corrected chi connectivity index (χ1v) is 35.6. The lowest BCUT2D eigenvalue weighted by Crippen LogP contribution is -2.45. The van der Waals surface area contributed by atoms with Crippen molar-refractivity contribution in [3.63, 3.8) is 0 Å². The van der Waals surface area contributed by atoms with Crippen molar-refractivity contribution in [3.8, 4) is 0 Å². The van der Waals surface area contributed by atoms with E-state index >= 15 is 0 Å². The van der Waals surface area contributed by atoms with Crippen molar-refractivity contribution >= 4 is 11.9 Å². The van der Waals surface area contributed by atoms with Gasteiger partial charge < -0.3 is 20.3 Å². The minimum atomic E-state index is -0.660. The van der Waals surface area contributed by atoms with Crippen LogP contribution >= 0.6 is 0 Å². The largest absolute Gasteiger partial charge is 0.466 e. The quantitative estimate of drug-likeness (QED) is 0.0320. The lowest BCUT2D eigenvalue weighted by Gasteiger charge is -2.22. The maximum atomic E-state index is 12.5. The van der Waals surface area contributed by atoms with Crippen LogP contribution < -0.4 is 5.32 Å². The Balaban J connectivity index is 3.32. The molecule has 3 N–H and O–H groups in total. The highest BCUT2D eigenvalue weighted by Gasteiger charge is 2.20. The second kappa shape index (κ2) is 67.8. The van der Waals surface area contributed by atoms with Gasteiger partial charge in [-0.1, -0.05) is 334 Å². The number of allylic oxidation sites excluding steroid dienone is 4. The number of ether oxygens (including phenoxy) is 1. The number of hydrogen-bond acceptors (Lipinski definition) is 5. The highest BCUT2D eigenvalue weighted by Crippen LogP contribution is 2.19. The van der Waals surface area contributed by atoms with Crippen molar-refractivity contribution in [1.29, 1.82) is 0 Å². The number of aliphatic hydroxyl groups is 2. The topological polar surface area (TPSA) is 95.9 Å². The molecule has 0 saturated carbocycles. The van der Waals surface area contributed by atoms with Gasteiger partial charge in [-0.3, -0.25) is 9.59 Å². The van der Waals surface area contributed by atoms with Crippen molar-refractivity contribution in [2.24, 2.45) is 0 Å². The summed E-state index contributed by atoms with van der Waals surface area (Å²) in [5.41, 5.74) is 0. The Bertz CT molecular complexity index is 1220. The molecule has 0 aromatic heterocycles. The van der Waals surface area contributed by atoms with E-state index in [1.807, 2.05) is 0 Å². The molecule has 0 heterocycles. The Morgan fingerprint density at radius 3 is 0.910 bits per heavy atom. The monoisotopic (exact) mass is 1100 g/mol. The molecule has 462 valence electrons. The molecule has 0 aliphatic rings. The Labute approximate surface area is 488 Å². The lowest BCUT2D eigenvalue weighted by molar-refractivity contribution is -0.143. The first-order chi connectivity index (χ1) is 38.5. The minimum Gasteiger partial charge on any atom is -0.466 e. The van der Waals surface area contributed by atoms with Crippen LogP contribution in [0.4, 0.5) is 0 Å². The number of hydrogen-bond donors (Lipinski definition) is 3. The number of aliphatic hydroxyl groups excluding tert-OH is 2. The molecule has 0 fully saturated rings. The van der Waals surface area contributed by atoms with Gasteiger partial charge in [-0.2, -0.15) is 0 Å². The molecule has 6 nitrogen and oxygen atoms in total. The summed E-state index contributed by atoms with van der Waals surface area (Å²) in [5.74, 6) is -0.0150. The van der Waals surface area contributed by atoms with Gasteiger partial charge in [0.2, 0.25) is 5.91 Å². The lowest BCUT2D eigenvalue weighted by atomic mass is 10.0. The van der Waals surface area contributed by atoms with E-state index in [1.165, 1.54) is 321 Å². The summed E-state index contributed by atoms with van der Waals surface area (Å²) in [6.45, 7) is 4.97. The number of rotatable bonds is 67. The molecule has 1 amide bonds. The summed E-state index contributed by atoms with van der Waals surface area (Å²) in [6.07, 6.45) is 85.3. The zero-order chi connectivity index (χ0) is 56.4. The third kappa shape index (κ3) is 63.5. The second-order valence-electron chi connectivity index (χ2n) is 24.6. The van der Waals surface area contributed by atoms with Crippen molar-refractivity contribution in [1.82, 2.24) is 5.32 Å². The summed E-state index contributed by atoms with van der Waals surface area (Å²) in [7, 11) is 0. The molecular formula is C72H139NO5. The highest BCUT2D eigenvalue weighted by molar-refractivity contribution is 5.76. The van der Waals surface area contributed by atoms with E-state index in [4.69, 9.17) is 4.74 Å². The van der Waals surface area contributed by atoms with Gasteiger partial charge in [0.15, 0.2) is 0 Å². The van der Waals surface area contributed by atoms with Crippen LogP contribution in [-0.2, 0) is 14.3 Å². The van der Waals surface area contributed by atoms with E-state index in [-0.39, 0.29) is 18.5 Å². The van der Waals surface area contributed by atoms with Crippen LogP contribution in [0.5, 0.6) is 0 Å². The average Bonchev–Trinajstić information content (AvgIpc) is 3.44. The molecule has 0 spiro atoms. The zero-order valence-corrected chi connectivity index (χ0v) is 52.9. The standard InChI is InChI=1S/C72H139NO5/c1-3-5-7-9-11-13-15-16-17-35-39-42-46-50-54-58-62-66-72(77)78-67-63-59-55-51-47-43-40-37-34-32-30-28-26-24-22-20-18-19-21-23-25-27-29-31-33-36-38-41-45-49-53-57-61-65-71(76)73-69(68-74)70(75)64-60-56-52-48-44-14-12-10-8-6-4-2/h16-17,22,24,69-70,74-75H,3-15,18-21,23,25-68H2,1-2H3,(H,73,76)/b17-16-,24-22-. The fraction of sp³-hybridized carbons (Fsp3) is 0.917. The first kappa shape index (κ1) is 76.3. The molecule has 2 unspecified atom stereocenters. The first-order valence-electron chi connectivity index (χ1n) is 35.6. The van der Waals surface area contributed by atoms with E-state index in [1.54, 1.807) is 0 Å². The van der Waals surface area contributed by atoms with Crippen molar-refractivity contribution in [2.75, 3.05) is 13.2 Å². The van der Waals surface area contributed by atoms with Crippen LogP contribution in [0.3, 0.4) is 0 Å². The van der Waals surface area contributed by atoms with Crippen LogP contribution in [0.2, 0.25) is 0 Å². The summed E-state index contributed by atoms with van der Waals surface area (Å²) in [4.78, 5) is 24.6. The van der Waals surface area contributed by atoms with Gasteiger partial charge in [0.25, 0.3) is 0 Å². The Morgan fingerprint density at radius 2 is 0.603 bits per heavy atom. The molecule has 0 radical (unpaired) electrons. The SMILES string of the molecule is CCCCCCCC/C=C\CCCCCCCCCC(=O)OCCCCCCCCCCCCCC/C=C\CCCCCCCCCCCCCCCCCCCC(=O)NC(CO)C(O)CCCCCCCCCCCCC. The van der Waals surface area contributed by atoms with Crippen LogP contribution in [-0.4, -0.2) is 47.4 Å². The predicted molar refractivity (Wildman–Crippen MR) is 343 cm³/mol. The molecule has 0 aromatic rings. The van der Waals surface area contributed by atoms with Gasteiger partial charge in [0.05, 0.1) is 25.4 Å². The smallest absolute Gasteiger partial charge is 0.305 e. The number of esters is 1. The molecule has 78 heavy (non-hydrogen) atoms. The number of carbonyl (C=O) groups is 2. The van der Waals surface area contributed by atoms with E-state index in [0.29, 0.717) is 25.9 Å². The number of nitrogens with one attached hydrogen (secondary N) is 1. The van der Waals surface area contributed by atoms with E-state index < -0.39 is 12.1 Å². The van der Waals surface area contributed by atoms with Gasteiger partial charge in [-0.25, -0.2) is 0 Å². The fourth-order valence-corrected chi connectivity index (χ4v) is 11.3. The second-order valence-corrected chi connectivity index (χ2v) is 24.6. The zero-order valence-electron chi connectivity index (χ0n) is 52.9. The summed E-state index contributed by atoms with van der Waals surface area (Å²) in [6, 6.07) is -0.537. The van der Waals surface area contributed by atoms with Crippen LogP contribution in [0.15, 0.2) is 24.3 Å². The molecule has 2 atom stereocenters. The molecule has 6 heteroatoms. The van der Waals surface area contributed by atoms with Crippen molar-refractivity contribution in [3.05, 3.63) is 24.3 Å².